The van der Waals surface area contributed by atoms with Crippen LogP contribution in [0.3, 0.4) is 0 Å². The molecule has 19 heavy (non-hydrogen) atoms. The maximum Gasteiger partial charge on any atom is 0.418 e. The van der Waals surface area contributed by atoms with Crippen LogP contribution < -0.4 is 15.8 Å². The molecule has 0 saturated heterocycles. The molecule has 0 heterocycles. The van der Waals surface area contributed by atoms with Crippen molar-refractivity contribution in [2.45, 2.75) is 24.9 Å². The highest BCUT2D eigenvalue weighted by atomic mass is 79.9. The van der Waals surface area contributed by atoms with Crippen LogP contribution in [0.25, 0.3) is 0 Å². The number of rotatable bonds is 5. The van der Waals surface area contributed by atoms with Gasteiger partial charge in [0.1, 0.15) is 11.4 Å². The average Bonchev–Trinajstić information content (AvgIpc) is 2.34. The summed E-state index contributed by atoms with van der Waals surface area (Å²) in [6.45, 7) is 2.43. The summed E-state index contributed by atoms with van der Waals surface area (Å²) in [6, 6.07) is 1.35. The monoisotopic (exact) mass is 340 g/mol. The van der Waals surface area contributed by atoms with E-state index in [0.717, 1.165) is 6.42 Å². The summed E-state index contributed by atoms with van der Waals surface area (Å²) >= 11 is 3.04. The highest BCUT2D eigenvalue weighted by Crippen LogP contribution is 2.44. The van der Waals surface area contributed by atoms with Gasteiger partial charge in [0.25, 0.3) is 0 Å². The fourth-order valence-electron chi connectivity index (χ4n) is 1.77. The normalized spacial score (nSPS) is 11.5. The molecule has 0 saturated carbocycles. The van der Waals surface area contributed by atoms with Crippen molar-refractivity contribution in [1.29, 1.82) is 0 Å². The lowest BCUT2D eigenvalue weighted by molar-refractivity contribution is -0.137. The van der Waals surface area contributed by atoms with E-state index in [-0.39, 0.29) is 22.3 Å². The minimum Gasteiger partial charge on any atom is -0.494 e. The molecule has 1 aromatic rings. The minimum absolute atomic E-state index is 0.0520. The third-order valence-corrected chi connectivity index (χ3v) is 3.21. The third kappa shape index (κ3) is 3.46. The van der Waals surface area contributed by atoms with Crippen molar-refractivity contribution >= 4 is 27.3 Å². The first kappa shape index (κ1) is 15.9. The maximum absolute atomic E-state index is 13.1. The molecule has 1 rings (SSSR count). The molecule has 0 unspecified atom stereocenters. The Bertz CT molecular complexity index is 450. The molecule has 0 aromatic heterocycles. The molecule has 0 amide bonds. The highest BCUT2D eigenvalue weighted by Gasteiger charge is 2.37. The molecular weight excluding hydrogens is 325 g/mol. The van der Waals surface area contributed by atoms with Crippen LogP contribution in [0.5, 0.6) is 5.75 Å². The summed E-state index contributed by atoms with van der Waals surface area (Å²) in [7, 11) is 1.40. The second-order valence-electron chi connectivity index (χ2n) is 3.96. The molecule has 0 atom stereocenters. The first-order chi connectivity index (χ1) is 8.86. The fraction of sp³-hybridized carbons (Fsp3) is 0.500. The molecule has 0 aliphatic carbocycles. The van der Waals surface area contributed by atoms with Gasteiger partial charge in [0.05, 0.1) is 18.4 Å². The lowest BCUT2D eigenvalue weighted by Crippen LogP contribution is -2.15. The molecule has 3 N–H and O–H groups in total. The Hall–Kier alpha value is -1.11. The number of nitrogens with one attached hydrogen (secondary N) is 1. The van der Waals surface area contributed by atoms with Gasteiger partial charge >= 0.3 is 6.18 Å². The first-order valence-electron chi connectivity index (χ1n) is 5.73. The number of hydrogen-bond donors (Lipinski definition) is 2. The van der Waals surface area contributed by atoms with Crippen LogP contribution in [-0.4, -0.2) is 13.7 Å². The number of anilines is 2. The van der Waals surface area contributed by atoms with Crippen molar-refractivity contribution < 1.29 is 17.9 Å². The number of ether oxygens (including phenoxy) is 1. The van der Waals surface area contributed by atoms with Gasteiger partial charge in [0.2, 0.25) is 0 Å². The Morgan fingerprint density at radius 3 is 2.47 bits per heavy atom. The zero-order chi connectivity index (χ0) is 14.6. The SMILES string of the molecule is CCCNc1c(OC)cc(CBr)c(C(F)(F)F)c1N. The molecule has 108 valence electrons. The maximum atomic E-state index is 13.1. The number of halogens is 4. The van der Waals surface area contributed by atoms with Crippen LogP contribution >= 0.6 is 15.9 Å². The Morgan fingerprint density at radius 2 is 2.05 bits per heavy atom. The van der Waals surface area contributed by atoms with Crippen molar-refractivity contribution in [3.05, 3.63) is 17.2 Å². The molecule has 0 aliphatic rings. The Balaban J connectivity index is 3.46. The molecule has 0 spiro atoms. The van der Waals surface area contributed by atoms with Crippen LogP contribution in [0, 0.1) is 0 Å². The van der Waals surface area contributed by atoms with Gasteiger partial charge in [-0.1, -0.05) is 22.9 Å². The summed E-state index contributed by atoms with van der Waals surface area (Å²) in [5.41, 5.74) is 4.79. The predicted octanol–water partition coefficient (Wildman–Crippen LogP) is 4.01. The molecule has 0 aliphatic heterocycles. The zero-order valence-corrected chi connectivity index (χ0v) is 12.3. The summed E-state index contributed by atoms with van der Waals surface area (Å²) in [6.07, 6.45) is -3.73. The minimum atomic E-state index is -4.50. The quantitative estimate of drug-likeness (QED) is 0.628. The van der Waals surface area contributed by atoms with Crippen LogP contribution in [0.15, 0.2) is 6.07 Å². The standard InChI is InChI=1S/C12H16BrF3N2O/c1-3-4-18-11-8(19-2)5-7(6-13)9(10(11)17)12(14,15)16/h5,18H,3-4,6,17H2,1-2H3. The number of alkyl halides is 4. The van der Waals surface area contributed by atoms with Crippen molar-refractivity contribution in [3.8, 4) is 5.75 Å². The van der Waals surface area contributed by atoms with Crippen molar-refractivity contribution in [2.24, 2.45) is 0 Å². The van der Waals surface area contributed by atoms with Gasteiger partial charge in [-0.15, -0.1) is 0 Å². The lowest BCUT2D eigenvalue weighted by Gasteiger charge is -2.20. The van der Waals surface area contributed by atoms with Crippen LogP contribution in [0.1, 0.15) is 24.5 Å². The number of hydrogen-bond acceptors (Lipinski definition) is 3. The molecule has 1 aromatic carbocycles. The Kier molecular flexibility index (Phi) is 5.34. The van der Waals surface area contributed by atoms with Gasteiger partial charge in [0.15, 0.2) is 0 Å². The Morgan fingerprint density at radius 1 is 1.42 bits per heavy atom. The summed E-state index contributed by atoms with van der Waals surface area (Å²) < 4.78 is 44.3. The molecule has 7 heteroatoms. The van der Waals surface area contributed by atoms with E-state index in [0.29, 0.717) is 12.3 Å². The van der Waals surface area contributed by atoms with E-state index in [1.165, 1.54) is 13.2 Å². The highest BCUT2D eigenvalue weighted by molar-refractivity contribution is 9.08. The third-order valence-electron chi connectivity index (χ3n) is 2.61. The van der Waals surface area contributed by atoms with Crippen molar-refractivity contribution in [1.82, 2.24) is 0 Å². The van der Waals surface area contributed by atoms with E-state index in [1.54, 1.807) is 0 Å². The van der Waals surface area contributed by atoms with E-state index in [2.05, 4.69) is 21.2 Å². The summed E-state index contributed by atoms with van der Waals surface area (Å²) in [4.78, 5) is 0. The van der Waals surface area contributed by atoms with Crippen molar-refractivity contribution in [2.75, 3.05) is 24.7 Å². The van der Waals surface area contributed by atoms with Gasteiger partial charge in [-0.2, -0.15) is 13.2 Å². The van der Waals surface area contributed by atoms with Gasteiger partial charge in [-0.25, -0.2) is 0 Å². The molecule has 0 fully saturated rings. The van der Waals surface area contributed by atoms with E-state index in [4.69, 9.17) is 10.5 Å². The van der Waals surface area contributed by atoms with Crippen molar-refractivity contribution in [3.63, 3.8) is 0 Å². The topological polar surface area (TPSA) is 47.3 Å². The zero-order valence-electron chi connectivity index (χ0n) is 10.7. The number of nitrogen functional groups attached to an aromatic ring is 1. The summed E-state index contributed by atoms with van der Waals surface area (Å²) in [5.74, 6) is 0.313. The fourth-order valence-corrected chi connectivity index (χ4v) is 2.21. The number of nitrogens with two attached hydrogens (primary N) is 1. The van der Waals surface area contributed by atoms with Gasteiger partial charge in [-0.05, 0) is 18.1 Å². The predicted molar refractivity (Wildman–Crippen MR) is 73.8 cm³/mol. The molecule has 0 radical (unpaired) electrons. The second kappa shape index (κ2) is 6.36. The number of benzene rings is 1. The van der Waals surface area contributed by atoms with Crippen LogP contribution in [0.4, 0.5) is 24.5 Å². The van der Waals surface area contributed by atoms with E-state index >= 15 is 0 Å². The lowest BCUT2D eigenvalue weighted by atomic mass is 10.0. The summed E-state index contributed by atoms with van der Waals surface area (Å²) in [5, 5.41) is 2.93. The van der Waals surface area contributed by atoms with Crippen LogP contribution in [0.2, 0.25) is 0 Å². The first-order valence-corrected chi connectivity index (χ1v) is 6.85. The average molecular weight is 341 g/mol. The van der Waals surface area contributed by atoms with Gasteiger partial charge in [-0.3, -0.25) is 0 Å². The molecule has 3 nitrogen and oxygen atoms in total. The second-order valence-corrected chi connectivity index (χ2v) is 4.52. The smallest absolute Gasteiger partial charge is 0.418 e. The number of methoxy groups -OCH3 is 1. The molecule has 0 bridgehead atoms. The van der Waals surface area contributed by atoms with E-state index in [1.807, 2.05) is 6.92 Å². The van der Waals surface area contributed by atoms with Gasteiger partial charge < -0.3 is 15.8 Å². The van der Waals surface area contributed by atoms with E-state index in [9.17, 15) is 13.2 Å². The van der Waals surface area contributed by atoms with E-state index < -0.39 is 11.7 Å². The van der Waals surface area contributed by atoms with Gasteiger partial charge in [0, 0.05) is 11.9 Å². The molecular formula is C12H16BrF3N2O. The Labute approximate surface area is 118 Å². The van der Waals surface area contributed by atoms with Crippen LogP contribution in [-0.2, 0) is 11.5 Å². The largest absolute Gasteiger partial charge is 0.494 e.